The van der Waals surface area contributed by atoms with Gasteiger partial charge in [-0.3, -0.25) is 0 Å². The minimum atomic E-state index is 0.659. The summed E-state index contributed by atoms with van der Waals surface area (Å²) in [4.78, 5) is 0. The SMILES string of the molecule is C#Cc1ccc(CC(=C)C(CC)CCCC)c(C)c1. The summed E-state index contributed by atoms with van der Waals surface area (Å²) in [6.07, 6.45) is 11.4. The van der Waals surface area contributed by atoms with Crippen molar-refractivity contribution in [2.75, 3.05) is 0 Å². The van der Waals surface area contributed by atoms with Crippen molar-refractivity contribution in [1.82, 2.24) is 0 Å². The Bertz CT molecular complexity index is 459. The first-order chi connectivity index (χ1) is 9.12. The molecule has 0 aromatic heterocycles. The van der Waals surface area contributed by atoms with Crippen molar-refractivity contribution in [1.29, 1.82) is 0 Å². The normalized spacial score (nSPS) is 11.9. The molecular weight excluding hydrogens is 228 g/mol. The molecule has 0 fully saturated rings. The molecule has 19 heavy (non-hydrogen) atoms. The maximum absolute atomic E-state index is 5.43. The minimum Gasteiger partial charge on any atom is -0.115 e. The Balaban J connectivity index is 2.73. The first-order valence-corrected chi connectivity index (χ1v) is 7.36. The largest absolute Gasteiger partial charge is 0.115 e. The molecule has 0 heteroatoms. The molecule has 0 nitrogen and oxygen atoms in total. The molecule has 0 amide bonds. The lowest BCUT2D eigenvalue weighted by Gasteiger charge is -2.18. The third kappa shape index (κ3) is 4.60. The fraction of sp³-hybridized carbons (Fsp3) is 0.474. The Kier molecular flexibility index (Phi) is 6.43. The molecule has 0 spiro atoms. The molecule has 0 N–H and O–H groups in total. The van der Waals surface area contributed by atoms with E-state index in [4.69, 9.17) is 6.42 Å². The molecule has 0 heterocycles. The molecular formula is C19H26. The molecule has 0 aliphatic carbocycles. The van der Waals surface area contributed by atoms with Crippen molar-refractivity contribution in [3.63, 3.8) is 0 Å². The van der Waals surface area contributed by atoms with E-state index in [1.807, 2.05) is 6.07 Å². The van der Waals surface area contributed by atoms with Gasteiger partial charge in [0.15, 0.2) is 0 Å². The van der Waals surface area contributed by atoms with Crippen LogP contribution in [0, 0.1) is 25.2 Å². The predicted octanol–water partition coefficient (Wildman–Crippen LogP) is 5.29. The van der Waals surface area contributed by atoms with E-state index in [0.717, 1.165) is 12.0 Å². The van der Waals surface area contributed by atoms with Gasteiger partial charge in [-0.2, -0.15) is 0 Å². The van der Waals surface area contributed by atoms with Crippen molar-refractivity contribution in [2.24, 2.45) is 5.92 Å². The lowest BCUT2D eigenvalue weighted by Crippen LogP contribution is -2.06. The summed E-state index contributed by atoms with van der Waals surface area (Å²) in [6, 6.07) is 6.28. The Morgan fingerprint density at radius 1 is 1.37 bits per heavy atom. The van der Waals surface area contributed by atoms with Gasteiger partial charge in [0.2, 0.25) is 0 Å². The number of terminal acetylenes is 1. The van der Waals surface area contributed by atoms with E-state index in [-0.39, 0.29) is 0 Å². The maximum Gasteiger partial charge on any atom is 0.0245 e. The number of aryl methyl sites for hydroxylation is 1. The Morgan fingerprint density at radius 2 is 2.11 bits per heavy atom. The van der Waals surface area contributed by atoms with Crippen LogP contribution in [0.1, 0.15) is 56.2 Å². The lowest BCUT2D eigenvalue weighted by atomic mass is 9.87. The van der Waals surface area contributed by atoms with Crippen LogP contribution in [0.4, 0.5) is 0 Å². The fourth-order valence-corrected chi connectivity index (χ4v) is 2.52. The summed E-state index contributed by atoms with van der Waals surface area (Å²) in [7, 11) is 0. The molecule has 0 saturated carbocycles. The van der Waals surface area contributed by atoms with Crippen LogP contribution in [0.3, 0.4) is 0 Å². The predicted molar refractivity (Wildman–Crippen MR) is 85.3 cm³/mol. The van der Waals surface area contributed by atoms with Crippen LogP contribution >= 0.6 is 0 Å². The molecule has 1 aromatic carbocycles. The third-order valence-electron chi connectivity index (χ3n) is 3.90. The van der Waals surface area contributed by atoms with Crippen molar-refractivity contribution in [3.8, 4) is 12.3 Å². The van der Waals surface area contributed by atoms with Crippen molar-refractivity contribution in [3.05, 3.63) is 47.0 Å². The van der Waals surface area contributed by atoms with Gasteiger partial charge in [0, 0.05) is 5.56 Å². The smallest absolute Gasteiger partial charge is 0.0245 e. The highest BCUT2D eigenvalue weighted by Gasteiger charge is 2.11. The van der Waals surface area contributed by atoms with Gasteiger partial charge < -0.3 is 0 Å². The Hall–Kier alpha value is -1.48. The van der Waals surface area contributed by atoms with Gasteiger partial charge in [0.05, 0.1) is 0 Å². The van der Waals surface area contributed by atoms with Gasteiger partial charge in [0.25, 0.3) is 0 Å². The summed E-state index contributed by atoms with van der Waals surface area (Å²) >= 11 is 0. The second kappa shape index (κ2) is 7.85. The summed E-state index contributed by atoms with van der Waals surface area (Å²) in [6.45, 7) is 11.0. The second-order valence-electron chi connectivity index (χ2n) is 5.37. The number of rotatable bonds is 7. The monoisotopic (exact) mass is 254 g/mol. The van der Waals surface area contributed by atoms with Gasteiger partial charge in [-0.1, -0.05) is 50.8 Å². The maximum atomic E-state index is 5.43. The van der Waals surface area contributed by atoms with Gasteiger partial charge >= 0.3 is 0 Å². The fourth-order valence-electron chi connectivity index (χ4n) is 2.52. The van der Waals surface area contributed by atoms with E-state index >= 15 is 0 Å². The molecule has 1 rings (SSSR count). The van der Waals surface area contributed by atoms with Crippen LogP contribution in [0.15, 0.2) is 30.4 Å². The van der Waals surface area contributed by atoms with Crippen molar-refractivity contribution >= 4 is 0 Å². The molecule has 1 atom stereocenters. The Morgan fingerprint density at radius 3 is 2.63 bits per heavy atom. The first-order valence-electron chi connectivity index (χ1n) is 7.36. The number of hydrogen-bond donors (Lipinski definition) is 0. The molecule has 102 valence electrons. The topological polar surface area (TPSA) is 0 Å². The van der Waals surface area contributed by atoms with Gasteiger partial charge in [-0.05, 0) is 55.4 Å². The standard InChI is InChI=1S/C19H26/c1-6-9-10-18(8-3)16(5)14-19-12-11-17(7-2)13-15(19)4/h2,11-13,18H,5-6,8-10,14H2,1,3-4H3. The van der Waals surface area contributed by atoms with E-state index in [9.17, 15) is 0 Å². The zero-order chi connectivity index (χ0) is 14.3. The molecule has 0 radical (unpaired) electrons. The first kappa shape index (κ1) is 15.6. The molecule has 0 saturated heterocycles. The summed E-state index contributed by atoms with van der Waals surface area (Å²) < 4.78 is 0. The van der Waals surface area contributed by atoms with E-state index in [2.05, 4.69) is 45.4 Å². The van der Waals surface area contributed by atoms with E-state index in [1.165, 1.54) is 42.4 Å². The highest BCUT2D eigenvalue weighted by molar-refractivity contribution is 5.40. The molecule has 1 unspecified atom stereocenters. The highest BCUT2D eigenvalue weighted by Crippen LogP contribution is 2.25. The van der Waals surface area contributed by atoms with Crippen molar-refractivity contribution < 1.29 is 0 Å². The van der Waals surface area contributed by atoms with Crippen LogP contribution in [-0.2, 0) is 6.42 Å². The number of hydrogen-bond acceptors (Lipinski definition) is 0. The van der Waals surface area contributed by atoms with Crippen molar-refractivity contribution in [2.45, 2.75) is 52.9 Å². The summed E-state index contributed by atoms with van der Waals surface area (Å²) in [5, 5.41) is 0. The number of unbranched alkanes of at least 4 members (excludes halogenated alkanes) is 1. The van der Waals surface area contributed by atoms with Gasteiger partial charge in [-0.25, -0.2) is 0 Å². The van der Waals surface area contributed by atoms with E-state index in [1.54, 1.807) is 0 Å². The minimum absolute atomic E-state index is 0.659. The lowest BCUT2D eigenvalue weighted by molar-refractivity contribution is 0.508. The Labute approximate surface area is 118 Å². The highest BCUT2D eigenvalue weighted by atomic mass is 14.2. The zero-order valence-electron chi connectivity index (χ0n) is 12.6. The summed E-state index contributed by atoms with van der Waals surface area (Å²) in [5.41, 5.74) is 4.97. The number of benzene rings is 1. The van der Waals surface area contributed by atoms with Crippen LogP contribution in [0.5, 0.6) is 0 Å². The quantitative estimate of drug-likeness (QED) is 0.458. The van der Waals surface area contributed by atoms with Gasteiger partial charge in [-0.15, -0.1) is 6.42 Å². The van der Waals surface area contributed by atoms with Crippen LogP contribution in [0.2, 0.25) is 0 Å². The van der Waals surface area contributed by atoms with Crippen LogP contribution in [-0.4, -0.2) is 0 Å². The second-order valence-corrected chi connectivity index (χ2v) is 5.37. The number of allylic oxidation sites excluding steroid dienone is 1. The molecule has 0 bridgehead atoms. The van der Waals surface area contributed by atoms with Crippen LogP contribution in [0.25, 0.3) is 0 Å². The van der Waals surface area contributed by atoms with Gasteiger partial charge in [0.1, 0.15) is 0 Å². The summed E-state index contributed by atoms with van der Waals surface area (Å²) in [5.74, 6) is 3.35. The average molecular weight is 254 g/mol. The third-order valence-corrected chi connectivity index (χ3v) is 3.90. The van der Waals surface area contributed by atoms with Crippen LogP contribution < -0.4 is 0 Å². The molecule has 1 aromatic rings. The molecule has 0 aliphatic heterocycles. The average Bonchev–Trinajstić information content (AvgIpc) is 2.42. The van der Waals surface area contributed by atoms with E-state index in [0.29, 0.717) is 5.92 Å². The van der Waals surface area contributed by atoms with E-state index < -0.39 is 0 Å². The molecule has 0 aliphatic rings. The zero-order valence-corrected chi connectivity index (χ0v) is 12.6.